The van der Waals surface area contributed by atoms with E-state index in [0.29, 0.717) is 11.8 Å². The predicted octanol–water partition coefficient (Wildman–Crippen LogP) is 2.56. The Morgan fingerprint density at radius 1 is 1.40 bits per heavy atom. The third kappa shape index (κ3) is 2.87. The van der Waals surface area contributed by atoms with E-state index >= 15 is 0 Å². The van der Waals surface area contributed by atoms with Gasteiger partial charge in [-0.1, -0.05) is 13.3 Å². The molecule has 1 N–H and O–H groups in total. The molecule has 3 heteroatoms. The predicted molar refractivity (Wildman–Crippen MR) is 61.9 cm³/mol. The van der Waals surface area contributed by atoms with E-state index in [9.17, 15) is 4.79 Å². The summed E-state index contributed by atoms with van der Waals surface area (Å²) in [5.41, 5.74) is 0. The molecule has 2 nitrogen and oxygen atoms in total. The van der Waals surface area contributed by atoms with Crippen LogP contribution in [-0.4, -0.2) is 17.8 Å². The maximum absolute atomic E-state index is 11.7. The van der Waals surface area contributed by atoms with Crippen LogP contribution in [0.15, 0.2) is 0 Å². The number of hydrogen-bond acceptors (Lipinski definition) is 1. The van der Waals surface area contributed by atoms with Crippen LogP contribution in [0.4, 0.5) is 0 Å². The minimum atomic E-state index is 0.208. The monoisotopic (exact) mass is 229 g/mol. The highest BCUT2D eigenvalue weighted by Crippen LogP contribution is 2.36. The molecule has 0 aromatic carbocycles. The lowest BCUT2D eigenvalue weighted by Gasteiger charge is -2.16. The van der Waals surface area contributed by atoms with Gasteiger partial charge in [-0.25, -0.2) is 0 Å². The standard InChI is InChI=1S/C12H20ClNO/c1-8(9-5-6-9)12(15)14-7-10-3-2-4-11(10)13/h8-11H,2-7H2,1H3,(H,14,15). The molecule has 0 spiro atoms. The van der Waals surface area contributed by atoms with Crippen LogP contribution in [0.5, 0.6) is 0 Å². The van der Waals surface area contributed by atoms with E-state index in [2.05, 4.69) is 5.32 Å². The first kappa shape index (κ1) is 11.3. The molecule has 0 aliphatic heterocycles. The van der Waals surface area contributed by atoms with E-state index < -0.39 is 0 Å². The second-order valence-corrected chi connectivity index (χ2v) is 5.64. The third-order valence-corrected chi connectivity index (χ3v) is 4.42. The molecule has 0 radical (unpaired) electrons. The van der Waals surface area contributed by atoms with Crippen molar-refractivity contribution in [3.8, 4) is 0 Å². The molecule has 0 aromatic rings. The summed E-state index contributed by atoms with van der Waals surface area (Å²) in [6.45, 7) is 2.82. The Labute approximate surface area is 96.8 Å². The highest BCUT2D eigenvalue weighted by Gasteiger charge is 2.33. The van der Waals surface area contributed by atoms with Crippen LogP contribution in [0.3, 0.4) is 0 Å². The van der Waals surface area contributed by atoms with E-state index in [-0.39, 0.29) is 17.2 Å². The first-order chi connectivity index (χ1) is 7.18. The summed E-state index contributed by atoms with van der Waals surface area (Å²) in [5, 5.41) is 3.33. The molecule has 2 fully saturated rings. The van der Waals surface area contributed by atoms with Gasteiger partial charge in [-0.05, 0) is 37.5 Å². The average Bonchev–Trinajstić information content (AvgIpc) is 2.99. The molecule has 15 heavy (non-hydrogen) atoms. The summed E-state index contributed by atoms with van der Waals surface area (Å²) in [6.07, 6.45) is 5.96. The van der Waals surface area contributed by atoms with Crippen molar-refractivity contribution in [1.82, 2.24) is 5.32 Å². The van der Waals surface area contributed by atoms with Gasteiger partial charge < -0.3 is 5.32 Å². The number of alkyl halides is 1. The van der Waals surface area contributed by atoms with Crippen LogP contribution in [0.2, 0.25) is 0 Å². The van der Waals surface area contributed by atoms with Crippen LogP contribution in [0, 0.1) is 17.8 Å². The average molecular weight is 230 g/mol. The van der Waals surface area contributed by atoms with E-state index in [1.807, 2.05) is 6.92 Å². The van der Waals surface area contributed by atoms with Gasteiger partial charge >= 0.3 is 0 Å². The van der Waals surface area contributed by atoms with Crippen molar-refractivity contribution in [2.24, 2.45) is 17.8 Å². The van der Waals surface area contributed by atoms with Gasteiger partial charge in [-0.15, -0.1) is 11.6 Å². The fraction of sp³-hybridized carbons (Fsp3) is 0.917. The zero-order valence-electron chi connectivity index (χ0n) is 9.34. The molecule has 0 bridgehead atoms. The fourth-order valence-electron chi connectivity index (χ4n) is 2.42. The smallest absolute Gasteiger partial charge is 0.223 e. The summed E-state index contributed by atoms with van der Waals surface area (Å²) >= 11 is 6.16. The lowest BCUT2D eigenvalue weighted by Crippen LogP contribution is -2.35. The van der Waals surface area contributed by atoms with Crippen molar-refractivity contribution in [1.29, 1.82) is 0 Å². The number of amides is 1. The molecule has 3 atom stereocenters. The van der Waals surface area contributed by atoms with Crippen LogP contribution < -0.4 is 5.32 Å². The van der Waals surface area contributed by atoms with Crippen molar-refractivity contribution < 1.29 is 4.79 Å². The SMILES string of the molecule is CC(C(=O)NCC1CCCC1Cl)C1CC1. The highest BCUT2D eigenvalue weighted by atomic mass is 35.5. The molecule has 2 rings (SSSR count). The maximum atomic E-state index is 11.7. The summed E-state index contributed by atoms with van der Waals surface area (Å²) in [7, 11) is 0. The maximum Gasteiger partial charge on any atom is 0.223 e. The highest BCUT2D eigenvalue weighted by molar-refractivity contribution is 6.20. The number of nitrogens with one attached hydrogen (secondary N) is 1. The third-order valence-electron chi connectivity index (χ3n) is 3.85. The van der Waals surface area contributed by atoms with Crippen molar-refractivity contribution in [3.05, 3.63) is 0 Å². The minimum absolute atomic E-state index is 0.208. The summed E-state index contributed by atoms with van der Waals surface area (Å²) in [6, 6.07) is 0. The van der Waals surface area contributed by atoms with Crippen molar-refractivity contribution in [3.63, 3.8) is 0 Å². The molecule has 3 unspecified atom stereocenters. The van der Waals surface area contributed by atoms with E-state index in [1.165, 1.54) is 25.7 Å². The van der Waals surface area contributed by atoms with Crippen molar-refractivity contribution in [2.75, 3.05) is 6.54 Å². The molecule has 2 saturated carbocycles. The Morgan fingerprint density at radius 2 is 2.13 bits per heavy atom. The van der Waals surface area contributed by atoms with E-state index in [1.54, 1.807) is 0 Å². The Bertz CT molecular complexity index is 240. The normalized spacial score (nSPS) is 32.7. The van der Waals surface area contributed by atoms with Gasteiger partial charge in [0.1, 0.15) is 0 Å². The Balaban J connectivity index is 1.70. The number of rotatable bonds is 4. The van der Waals surface area contributed by atoms with E-state index in [4.69, 9.17) is 11.6 Å². The van der Waals surface area contributed by atoms with Gasteiger partial charge in [-0.2, -0.15) is 0 Å². The van der Waals surface area contributed by atoms with Crippen LogP contribution >= 0.6 is 11.6 Å². The zero-order valence-corrected chi connectivity index (χ0v) is 10.1. The molecule has 2 aliphatic carbocycles. The minimum Gasteiger partial charge on any atom is -0.356 e. The van der Waals surface area contributed by atoms with Crippen molar-refractivity contribution in [2.45, 2.75) is 44.4 Å². The second kappa shape index (κ2) is 4.73. The molecule has 1 amide bonds. The number of carbonyl (C=O) groups excluding carboxylic acids is 1. The first-order valence-corrected chi connectivity index (χ1v) is 6.54. The molecular weight excluding hydrogens is 210 g/mol. The Hall–Kier alpha value is -0.240. The first-order valence-electron chi connectivity index (χ1n) is 6.10. The number of hydrogen-bond donors (Lipinski definition) is 1. The summed E-state index contributed by atoms with van der Waals surface area (Å²) in [4.78, 5) is 11.7. The molecule has 0 aromatic heterocycles. The lowest BCUT2D eigenvalue weighted by molar-refractivity contribution is -0.125. The van der Waals surface area contributed by atoms with Gasteiger partial charge in [0.25, 0.3) is 0 Å². The van der Waals surface area contributed by atoms with Gasteiger partial charge in [0.15, 0.2) is 0 Å². The topological polar surface area (TPSA) is 29.1 Å². The molecule has 0 heterocycles. The van der Waals surface area contributed by atoms with Gasteiger partial charge in [0, 0.05) is 17.8 Å². The molecule has 2 aliphatic rings. The Morgan fingerprint density at radius 3 is 2.67 bits per heavy atom. The Kier molecular flexibility index (Phi) is 3.55. The quantitative estimate of drug-likeness (QED) is 0.738. The number of halogens is 1. The van der Waals surface area contributed by atoms with Gasteiger partial charge in [0.05, 0.1) is 0 Å². The van der Waals surface area contributed by atoms with Crippen LogP contribution in [0.1, 0.15) is 39.0 Å². The van der Waals surface area contributed by atoms with E-state index in [0.717, 1.165) is 13.0 Å². The number of carbonyl (C=O) groups is 1. The molecule has 86 valence electrons. The van der Waals surface area contributed by atoms with Gasteiger partial charge in [-0.3, -0.25) is 4.79 Å². The summed E-state index contributed by atoms with van der Waals surface area (Å²) in [5.74, 6) is 1.59. The lowest BCUT2D eigenvalue weighted by atomic mass is 10.0. The van der Waals surface area contributed by atoms with Crippen LogP contribution in [0.25, 0.3) is 0 Å². The largest absolute Gasteiger partial charge is 0.356 e. The summed E-state index contributed by atoms with van der Waals surface area (Å²) < 4.78 is 0. The fourth-order valence-corrected chi connectivity index (χ4v) is 2.79. The van der Waals surface area contributed by atoms with Gasteiger partial charge in [0.2, 0.25) is 5.91 Å². The van der Waals surface area contributed by atoms with Crippen LogP contribution in [-0.2, 0) is 4.79 Å². The second-order valence-electron chi connectivity index (χ2n) is 5.08. The van der Waals surface area contributed by atoms with Crippen molar-refractivity contribution >= 4 is 17.5 Å². The molecule has 0 saturated heterocycles. The molecular formula is C12H20ClNO. The zero-order chi connectivity index (χ0) is 10.8.